The first-order valence-corrected chi connectivity index (χ1v) is 9.97. The lowest BCUT2D eigenvalue weighted by Crippen LogP contribution is -2.42. The molecular formula is C22H24N4O5. The molecule has 9 heteroatoms. The maximum Gasteiger partial charge on any atom is 0.251 e. The highest BCUT2D eigenvalue weighted by atomic mass is 16.3. The molecule has 0 aromatic heterocycles. The van der Waals surface area contributed by atoms with Crippen LogP contribution in [0.25, 0.3) is 0 Å². The summed E-state index contributed by atoms with van der Waals surface area (Å²) in [4.78, 5) is 49.7. The largest absolute Gasteiger partial charge is 0.508 e. The average Bonchev–Trinajstić information content (AvgIpc) is 2.76. The highest BCUT2D eigenvalue weighted by Crippen LogP contribution is 2.29. The fourth-order valence-corrected chi connectivity index (χ4v) is 3.17. The van der Waals surface area contributed by atoms with Crippen LogP contribution in [0, 0.1) is 0 Å². The fraction of sp³-hybridized carbons (Fsp3) is 0.273. The van der Waals surface area contributed by atoms with E-state index in [1.807, 2.05) is 0 Å². The molecule has 4 amide bonds. The lowest BCUT2D eigenvalue weighted by atomic mass is 10.1. The minimum Gasteiger partial charge on any atom is -0.508 e. The first-order chi connectivity index (χ1) is 14.9. The topological polar surface area (TPSA) is 128 Å². The highest BCUT2D eigenvalue weighted by molar-refractivity contribution is 6.10. The summed E-state index contributed by atoms with van der Waals surface area (Å²) in [6, 6.07) is 13.1. The summed E-state index contributed by atoms with van der Waals surface area (Å²) in [5, 5.41) is 17.5. The zero-order valence-corrected chi connectivity index (χ0v) is 16.9. The summed E-state index contributed by atoms with van der Waals surface area (Å²) in [6.07, 6.45) is 0.514. The van der Waals surface area contributed by atoms with Gasteiger partial charge in [0.15, 0.2) is 0 Å². The first-order valence-electron chi connectivity index (χ1n) is 9.97. The summed E-state index contributed by atoms with van der Waals surface area (Å²) >= 11 is 0. The van der Waals surface area contributed by atoms with Crippen LogP contribution in [-0.4, -0.2) is 48.4 Å². The second kappa shape index (κ2) is 10.2. The summed E-state index contributed by atoms with van der Waals surface area (Å²) < 4.78 is 0. The molecule has 1 aliphatic rings. The van der Waals surface area contributed by atoms with Crippen molar-refractivity contribution in [3.63, 3.8) is 0 Å². The molecule has 31 heavy (non-hydrogen) atoms. The smallest absolute Gasteiger partial charge is 0.251 e. The Balaban J connectivity index is 1.36. The van der Waals surface area contributed by atoms with Crippen LogP contribution in [0.4, 0.5) is 11.4 Å². The van der Waals surface area contributed by atoms with Gasteiger partial charge in [0.25, 0.3) is 5.91 Å². The van der Waals surface area contributed by atoms with Crippen LogP contribution in [0.2, 0.25) is 0 Å². The van der Waals surface area contributed by atoms with Gasteiger partial charge in [-0.25, -0.2) is 0 Å². The number of amides is 4. The van der Waals surface area contributed by atoms with Crippen LogP contribution >= 0.6 is 0 Å². The van der Waals surface area contributed by atoms with Crippen LogP contribution in [0.5, 0.6) is 5.75 Å². The van der Waals surface area contributed by atoms with E-state index in [2.05, 4.69) is 16.0 Å². The third-order valence-electron chi connectivity index (χ3n) is 4.71. The van der Waals surface area contributed by atoms with Gasteiger partial charge >= 0.3 is 0 Å². The second-order valence-corrected chi connectivity index (χ2v) is 7.05. The van der Waals surface area contributed by atoms with E-state index in [-0.39, 0.29) is 48.8 Å². The van der Waals surface area contributed by atoms with Gasteiger partial charge < -0.3 is 26.0 Å². The lowest BCUT2D eigenvalue weighted by molar-refractivity contribution is -0.125. The minimum absolute atomic E-state index is 0.00870. The van der Waals surface area contributed by atoms with Crippen molar-refractivity contribution in [3.05, 3.63) is 54.1 Å². The van der Waals surface area contributed by atoms with E-state index in [4.69, 9.17) is 0 Å². The number of hydrogen-bond donors (Lipinski definition) is 4. The molecule has 1 aliphatic heterocycles. The zero-order valence-electron chi connectivity index (χ0n) is 16.9. The van der Waals surface area contributed by atoms with E-state index >= 15 is 0 Å². The quantitative estimate of drug-likeness (QED) is 0.476. The molecule has 0 radical (unpaired) electrons. The molecule has 0 unspecified atom stereocenters. The molecule has 0 spiro atoms. The average molecular weight is 424 g/mol. The second-order valence-electron chi connectivity index (χ2n) is 7.05. The van der Waals surface area contributed by atoms with Gasteiger partial charge in [0, 0.05) is 31.5 Å². The van der Waals surface area contributed by atoms with Crippen molar-refractivity contribution in [3.8, 4) is 5.75 Å². The van der Waals surface area contributed by atoms with Crippen molar-refractivity contribution in [2.75, 3.05) is 29.9 Å². The number of phenolic OH excluding ortho intramolecular Hbond substituents is 1. The predicted octanol–water partition coefficient (Wildman–Crippen LogP) is 1.39. The number of phenols is 1. The van der Waals surface area contributed by atoms with Crippen molar-refractivity contribution in [1.29, 1.82) is 0 Å². The van der Waals surface area contributed by atoms with Crippen molar-refractivity contribution in [2.45, 2.75) is 19.3 Å². The number of anilines is 2. The summed E-state index contributed by atoms with van der Waals surface area (Å²) in [5.41, 5.74) is 1.55. The van der Waals surface area contributed by atoms with Crippen LogP contribution in [0.15, 0.2) is 48.5 Å². The molecule has 0 saturated carbocycles. The minimum atomic E-state index is -0.307. The number of hydrogen-bond acceptors (Lipinski definition) is 5. The Labute approximate surface area is 179 Å². The van der Waals surface area contributed by atoms with E-state index in [9.17, 15) is 24.3 Å². The van der Waals surface area contributed by atoms with Gasteiger partial charge in [-0.05, 0) is 36.8 Å². The fourth-order valence-electron chi connectivity index (χ4n) is 3.17. The Hall–Kier alpha value is -3.88. The standard InChI is InChI=1S/C22H24N4O5/c27-16-6-3-5-15(13-16)22(31)24-12-4-11-23-19(28)9-10-21(30)26-14-20(29)25-17-7-1-2-8-18(17)26/h1-3,5-8,13,27H,4,9-12,14H2,(H,23,28)(H,24,31)(H,25,29). The number of para-hydroxylation sites is 2. The summed E-state index contributed by atoms with van der Waals surface area (Å²) in [6.45, 7) is 0.631. The van der Waals surface area contributed by atoms with E-state index in [1.165, 1.54) is 17.0 Å². The number of fused-ring (bicyclic) bond motifs is 1. The van der Waals surface area contributed by atoms with Crippen LogP contribution in [0.3, 0.4) is 0 Å². The van der Waals surface area contributed by atoms with Gasteiger partial charge in [-0.3, -0.25) is 19.2 Å². The van der Waals surface area contributed by atoms with Gasteiger partial charge in [-0.1, -0.05) is 18.2 Å². The molecule has 0 saturated heterocycles. The van der Waals surface area contributed by atoms with E-state index in [0.29, 0.717) is 36.4 Å². The SMILES string of the molecule is O=C(CCC(=O)N1CC(=O)Nc2ccccc21)NCCCNC(=O)c1cccc(O)c1. The number of carbonyl (C=O) groups excluding carboxylic acids is 4. The maximum atomic E-state index is 12.5. The molecule has 2 aromatic carbocycles. The molecule has 0 fully saturated rings. The normalized spacial score (nSPS) is 12.5. The van der Waals surface area contributed by atoms with Crippen molar-refractivity contribution in [2.24, 2.45) is 0 Å². The zero-order chi connectivity index (χ0) is 22.2. The molecule has 0 aliphatic carbocycles. The molecule has 162 valence electrons. The Morgan fingerprint density at radius 3 is 2.58 bits per heavy atom. The van der Waals surface area contributed by atoms with Crippen molar-refractivity contribution < 1.29 is 24.3 Å². The highest BCUT2D eigenvalue weighted by Gasteiger charge is 2.26. The molecule has 0 atom stereocenters. The number of benzene rings is 2. The van der Waals surface area contributed by atoms with E-state index in [0.717, 1.165) is 0 Å². The first kappa shape index (κ1) is 21.8. The number of aromatic hydroxyl groups is 1. The van der Waals surface area contributed by atoms with Gasteiger partial charge in [0.2, 0.25) is 17.7 Å². The predicted molar refractivity (Wildman–Crippen MR) is 115 cm³/mol. The molecule has 3 rings (SSSR count). The number of nitrogens with one attached hydrogen (secondary N) is 3. The Kier molecular flexibility index (Phi) is 7.21. The Bertz CT molecular complexity index is 991. The van der Waals surface area contributed by atoms with Crippen LogP contribution < -0.4 is 20.9 Å². The van der Waals surface area contributed by atoms with Gasteiger partial charge in [0.1, 0.15) is 12.3 Å². The van der Waals surface area contributed by atoms with Crippen molar-refractivity contribution in [1.82, 2.24) is 10.6 Å². The Morgan fingerprint density at radius 2 is 1.77 bits per heavy atom. The number of carbonyl (C=O) groups is 4. The molecule has 0 bridgehead atoms. The van der Waals surface area contributed by atoms with Crippen LogP contribution in [0.1, 0.15) is 29.6 Å². The maximum absolute atomic E-state index is 12.5. The molecule has 9 nitrogen and oxygen atoms in total. The van der Waals surface area contributed by atoms with Crippen LogP contribution in [-0.2, 0) is 14.4 Å². The number of rotatable bonds is 8. The van der Waals surface area contributed by atoms with Gasteiger partial charge in [-0.15, -0.1) is 0 Å². The lowest BCUT2D eigenvalue weighted by Gasteiger charge is -2.29. The molecule has 2 aromatic rings. The summed E-state index contributed by atoms with van der Waals surface area (Å²) in [7, 11) is 0. The summed E-state index contributed by atoms with van der Waals surface area (Å²) in [5.74, 6) is -1.13. The van der Waals surface area contributed by atoms with E-state index < -0.39 is 0 Å². The number of nitrogens with zero attached hydrogens (tertiary/aromatic N) is 1. The van der Waals surface area contributed by atoms with Gasteiger partial charge in [-0.2, -0.15) is 0 Å². The molecule has 4 N–H and O–H groups in total. The molecule has 1 heterocycles. The molecular weight excluding hydrogens is 400 g/mol. The van der Waals surface area contributed by atoms with Gasteiger partial charge in [0.05, 0.1) is 11.4 Å². The Morgan fingerprint density at radius 1 is 1.00 bits per heavy atom. The van der Waals surface area contributed by atoms with Crippen molar-refractivity contribution >= 4 is 35.0 Å². The van der Waals surface area contributed by atoms with E-state index in [1.54, 1.807) is 36.4 Å². The third-order valence-corrected chi connectivity index (χ3v) is 4.71. The third kappa shape index (κ3) is 6.05. The monoisotopic (exact) mass is 424 g/mol.